The number of pyridine rings is 1. The van der Waals surface area contributed by atoms with Gasteiger partial charge in [-0.1, -0.05) is 12.1 Å². The van der Waals surface area contributed by atoms with Crippen molar-refractivity contribution in [3.8, 4) is 11.6 Å². The van der Waals surface area contributed by atoms with Crippen LogP contribution in [0, 0.1) is 6.92 Å². The van der Waals surface area contributed by atoms with Crippen LogP contribution in [0.4, 0.5) is 0 Å². The Bertz CT molecular complexity index is 709. The lowest BCUT2D eigenvalue weighted by molar-refractivity contribution is 0.223. The van der Waals surface area contributed by atoms with Crippen LogP contribution in [0.2, 0.25) is 0 Å². The fraction of sp³-hybridized carbons (Fsp3) is 0.368. The number of aryl methyl sites for hydroxylation is 1. The molecule has 2 N–H and O–H groups in total. The fourth-order valence-corrected chi connectivity index (χ4v) is 2.28. The van der Waals surface area contributed by atoms with Gasteiger partial charge in [-0.25, -0.2) is 4.98 Å². The molecule has 2 rings (SSSR count). The summed E-state index contributed by atoms with van der Waals surface area (Å²) in [6.45, 7) is 5.35. The summed E-state index contributed by atoms with van der Waals surface area (Å²) in [5.74, 6) is 2.19. The van der Waals surface area contributed by atoms with E-state index in [4.69, 9.17) is 9.47 Å². The van der Waals surface area contributed by atoms with Gasteiger partial charge in [0, 0.05) is 25.9 Å². The monoisotopic (exact) mass is 470 g/mol. The molecular formula is C19H27IN4O2. The first kappa shape index (κ1) is 22.0. The molecule has 6 nitrogen and oxygen atoms in total. The fourth-order valence-electron chi connectivity index (χ4n) is 2.28. The second-order valence-corrected chi connectivity index (χ2v) is 5.76. The molecular weight excluding hydrogens is 443 g/mol. The van der Waals surface area contributed by atoms with Crippen LogP contribution in [0.1, 0.15) is 18.1 Å². The van der Waals surface area contributed by atoms with Gasteiger partial charge in [-0.2, -0.15) is 0 Å². The Hall–Kier alpha value is -2.03. The van der Waals surface area contributed by atoms with E-state index in [2.05, 4.69) is 33.6 Å². The maximum Gasteiger partial charge on any atom is 0.213 e. The van der Waals surface area contributed by atoms with Crippen LogP contribution in [0.5, 0.6) is 11.6 Å². The summed E-state index contributed by atoms with van der Waals surface area (Å²) in [7, 11) is 3.35. The van der Waals surface area contributed by atoms with Crippen molar-refractivity contribution in [1.82, 2.24) is 15.6 Å². The molecule has 1 unspecified atom stereocenters. The molecule has 0 radical (unpaired) electrons. The standard InChI is InChI=1S/C19H26N4O2.HI/c1-14-6-5-7-17(10-14)25-15(2)12-22-19(20-3)23-13-16-8-9-21-18(11-16)24-4;/h5-11,15H,12-13H2,1-4H3,(H2,20,22,23);1H. The second-order valence-electron chi connectivity index (χ2n) is 5.76. The van der Waals surface area contributed by atoms with E-state index in [0.717, 1.165) is 17.3 Å². The van der Waals surface area contributed by atoms with Gasteiger partial charge >= 0.3 is 0 Å². The number of guanidine groups is 1. The number of hydrogen-bond donors (Lipinski definition) is 2. The molecule has 0 saturated carbocycles. The van der Waals surface area contributed by atoms with Gasteiger partial charge in [-0.3, -0.25) is 4.99 Å². The maximum absolute atomic E-state index is 5.91. The number of aromatic nitrogens is 1. The molecule has 0 saturated heterocycles. The van der Waals surface area contributed by atoms with E-state index in [1.165, 1.54) is 5.56 Å². The number of nitrogens with one attached hydrogen (secondary N) is 2. The Kier molecular flexibility index (Phi) is 9.79. The minimum atomic E-state index is 0. The van der Waals surface area contributed by atoms with Gasteiger partial charge in [0.25, 0.3) is 0 Å². The first-order valence-corrected chi connectivity index (χ1v) is 8.27. The number of halogens is 1. The van der Waals surface area contributed by atoms with E-state index >= 15 is 0 Å². The third-order valence-electron chi connectivity index (χ3n) is 3.58. The molecule has 0 bridgehead atoms. The van der Waals surface area contributed by atoms with Crippen molar-refractivity contribution in [3.63, 3.8) is 0 Å². The van der Waals surface area contributed by atoms with E-state index in [0.29, 0.717) is 19.0 Å². The Morgan fingerprint density at radius 2 is 2.04 bits per heavy atom. The highest BCUT2D eigenvalue weighted by atomic mass is 127. The van der Waals surface area contributed by atoms with Crippen LogP contribution in [0.15, 0.2) is 47.6 Å². The summed E-state index contributed by atoms with van der Waals surface area (Å²) in [6, 6.07) is 11.9. The van der Waals surface area contributed by atoms with Crippen LogP contribution in [-0.2, 0) is 6.54 Å². The van der Waals surface area contributed by atoms with Crippen LogP contribution in [-0.4, -0.2) is 37.7 Å². The van der Waals surface area contributed by atoms with Gasteiger partial charge < -0.3 is 20.1 Å². The predicted octanol–water partition coefficient (Wildman–Crippen LogP) is 3.15. The lowest BCUT2D eigenvalue weighted by atomic mass is 10.2. The van der Waals surface area contributed by atoms with Crippen LogP contribution < -0.4 is 20.1 Å². The highest BCUT2D eigenvalue weighted by Gasteiger charge is 2.06. The number of hydrogen-bond acceptors (Lipinski definition) is 4. The highest BCUT2D eigenvalue weighted by Crippen LogP contribution is 2.13. The van der Waals surface area contributed by atoms with Crippen molar-refractivity contribution in [2.24, 2.45) is 4.99 Å². The molecule has 0 fully saturated rings. The number of nitrogens with zero attached hydrogens (tertiary/aromatic N) is 2. The van der Waals surface area contributed by atoms with Gasteiger partial charge in [0.2, 0.25) is 5.88 Å². The molecule has 2 aromatic rings. The van der Waals surface area contributed by atoms with Crippen molar-refractivity contribution in [1.29, 1.82) is 0 Å². The van der Waals surface area contributed by atoms with Gasteiger partial charge in [0.05, 0.1) is 13.7 Å². The Morgan fingerprint density at radius 1 is 1.23 bits per heavy atom. The molecule has 0 aliphatic heterocycles. The average Bonchev–Trinajstić information content (AvgIpc) is 2.62. The van der Waals surface area contributed by atoms with Gasteiger partial charge in [-0.05, 0) is 43.2 Å². The molecule has 142 valence electrons. The third kappa shape index (κ3) is 7.47. The minimum Gasteiger partial charge on any atom is -0.489 e. The SMILES string of the molecule is CN=C(NCc1ccnc(OC)c1)NCC(C)Oc1cccc(C)c1.I. The molecule has 1 aromatic heterocycles. The van der Waals surface area contributed by atoms with Crippen molar-refractivity contribution in [2.75, 3.05) is 20.7 Å². The zero-order chi connectivity index (χ0) is 18.1. The second kappa shape index (κ2) is 11.6. The molecule has 1 atom stereocenters. The van der Waals surface area contributed by atoms with Gasteiger partial charge in [0.15, 0.2) is 5.96 Å². The van der Waals surface area contributed by atoms with Crippen LogP contribution in [0.3, 0.4) is 0 Å². The summed E-state index contributed by atoms with van der Waals surface area (Å²) in [6.07, 6.45) is 1.74. The Morgan fingerprint density at radius 3 is 2.73 bits per heavy atom. The average molecular weight is 470 g/mol. The van der Waals surface area contributed by atoms with Crippen molar-refractivity contribution in [3.05, 3.63) is 53.7 Å². The van der Waals surface area contributed by atoms with Crippen molar-refractivity contribution in [2.45, 2.75) is 26.5 Å². The summed E-state index contributed by atoms with van der Waals surface area (Å²) in [5.41, 5.74) is 2.25. The first-order chi connectivity index (χ1) is 12.1. The zero-order valence-corrected chi connectivity index (χ0v) is 18.0. The highest BCUT2D eigenvalue weighted by molar-refractivity contribution is 14.0. The number of methoxy groups -OCH3 is 1. The van der Waals surface area contributed by atoms with E-state index in [1.54, 1.807) is 20.4 Å². The largest absolute Gasteiger partial charge is 0.489 e. The van der Waals surface area contributed by atoms with E-state index in [-0.39, 0.29) is 30.1 Å². The van der Waals surface area contributed by atoms with Crippen molar-refractivity contribution >= 4 is 29.9 Å². The lowest BCUT2D eigenvalue weighted by Gasteiger charge is -2.18. The van der Waals surface area contributed by atoms with Crippen LogP contribution in [0.25, 0.3) is 0 Å². The smallest absolute Gasteiger partial charge is 0.213 e. The Balaban J connectivity index is 0.00000338. The predicted molar refractivity (Wildman–Crippen MR) is 116 cm³/mol. The van der Waals surface area contributed by atoms with Gasteiger partial charge in [-0.15, -0.1) is 24.0 Å². The molecule has 1 aromatic carbocycles. The molecule has 1 heterocycles. The molecule has 7 heteroatoms. The Labute approximate surface area is 172 Å². The number of rotatable bonds is 7. The van der Waals surface area contributed by atoms with Crippen molar-refractivity contribution < 1.29 is 9.47 Å². The van der Waals surface area contributed by atoms with E-state index in [9.17, 15) is 0 Å². The van der Waals surface area contributed by atoms with Gasteiger partial charge in [0.1, 0.15) is 11.9 Å². The number of aliphatic imine (C=N–C) groups is 1. The first-order valence-electron chi connectivity index (χ1n) is 8.27. The van der Waals surface area contributed by atoms with E-state index in [1.807, 2.05) is 37.3 Å². The third-order valence-corrected chi connectivity index (χ3v) is 3.58. The molecule has 0 aliphatic rings. The quantitative estimate of drug-likeness (QED) is 0.370. The number of ether oxygens (including phenoxy) is 2. The number of benzene rings is 1. The summed E-state index contributed by atoms with van der Waals surface area (Å²) in [5, 5.41) is 6.54. The van der Waals surface area contributed by atoms with Crippen LogP contribution >= 0.6 is 24.0 Å². The normalized spacial score (nSPS) is 11.9. The molecule has 0 amide bonds. The molecule has 26 heavy (non-hydrogen) atoms. The topological polar surface area (TPSA) is 67.8 Å². The van der Waals surface area contributed by atoms with E-state index < -0.39 is 0 Å². The lowest BCUT2D eigenvalue weighted by Crippen LogP contribution is -2.41. The maximum atomic E-state index is 5.91. The molecule has 0 aliphatic carbocycles. The summed E-state index contributed by atoms with van der Waals surface area (Å²) in [4.78, 5) is 8.33. The minimum absolute atomic E-state index is 0. The molecule has 0 spiro atoms. The summed E-state index contributed by atoms with van der Waals surface area (Å²) >= 11 is 0. The zero-order valence-electron chi connectivity index (χ0n) is 15.7. The summed E-state index contributed by atoms with van der Waals surface area (Å²) < 4.78 is 11.0.